The van der Waals surface area contributed by atoms with Gasteiger partial charge in [-0.2, -0.15) is 0 Å². The summed E-state index contributed by atoms with van der Waals surface area (Å²) in [6.45, 7) is 4.12. The van der Waals surface area contributed by atoms with E-state index in [1.165, 1.54) is 21.8 Å². The fourth-order valence-electron chi connectivity index (χ4n) is 2.52. The Morgan fingerprint density at radius 2 is 1.87 bits per heavy atom. The third kappa shape index (κ3) is 3.89. The molecule has 0 aliphatic rings. The van der Waals surface area contributed by atoms with Gasteiger partial charge in [-0.1, -0.05) is 35.9 Å². The topological polar surface area (TPSA) is 29.1 Å². The van der Waals surface area contributed by atoms with E-state index in [1.54, 1.807) is 11.3 Å². The van der Waals surface area contributed by atoms with Gasteiger partial charge in [0.25, 0.3) is 5.91 Å². The molecule has 1 N–H and O–H groups in total. The molecular weight excluding hydrogens is 322 g/mol. The summed E-state index contributed by atoms with van der Waals surface area (Å²) in [6, 6.07) is 14.6. The van der Waals surface area contributed by atoms with Gasteiger partial charge in [-0.05, 0) is 42.3 Å². The van der Waals surface area contributed by atoms with Crippen LogP contribution in [0, 0.1) is 6.92 Å². The standard InChI is InChI=1S/C19H19NOS2/c1-13-5-7-15(8-6-13)17-9-11-23-18(17)19(21)20-14(2)12-16-4-3-10-22-16/h3-11,14H,12H2,1-2H3,(H,20,21)/t14-/m1/s1. The molecule has 118 valence electrons. The van der Waals surface area contributed by atoms with Crippen molar-refractivity contribution in [3.05, 3.63) is 68.5 Å². The van der Waals surface area contributed by atoms with E-state index in [9.17, 15) is 4.79 Å². The number of benzene rings is 1. The molecule has 0 saturated carbocycles. The second-order valence-electron chi connectivity index (χ2n) is 5.69. The lowest BCUT2D eigenvalue weighted by Gasteiger charge is -2.13. The summed E-state index contributed by atoms with van der Waals surface area (Å²) < 4.78 is 0. The van der Waals surface area contributed by atoms with Crippen molar-refractivity contribution in [2.75, 3.05) is 0 Å². The van der Waals surface area contributed by atoms with E-state index in [1.807, 2.05) is 17.5 Å². The van der Waals surface area contributed by atoms with Crippen LogP contribution in [0.3, 0.4) is 0 Å². The van der Waals surface area contributed by atoms with Crippen molar-refractivity contribution >= 4 is 28.6 Å². The van der Waals surface area contributed by atoms with E-state index >= 15 is 0 Å². The lowest BCUT2D eigenvalue weighted by molar-refractivity contribution is 0.0945. The molecule has 1 atom stereocenters. The highest BCUT2D eigenvalue weighted by Gasteiger charge is 2.16. The minimum atomic E-state index is 0.0135. The summed E-state index contributed by atoms with van der Waals surface area (Å²) in [7, 11) is 0. The van der Waals surface area contributed by atoms with Gasteiger partial charge >= 0.3 is 0 Å². The molecule has 1 amide bonds. The van der Waals surface area contributed by atoms with Crippen LogP contribution < -0.4 is 5.32 Å². The predicted octanol–water partition coefficient (Wildman–Crippen LogP) is 5.15. The van der Waals surface area contributed by atoms with Crippen LogP contribution in [0.15, 0.2) is 53.2 Å². The molecular formula is C19H19NOS2. The Morgan fingerprint density at radius 1 is 1.09 bits per heavy atom. The molecule has 3 rings (SSSR count). The number of carbonyl (C=O) groups excluding carboxylic acids is 1. The number of hydrogen-bond donors (Lipinski definition) is 1. The Balaban J connectivity index is 1.73. The van der Waals surface area contributed by atoms with Crippen LogP contribution >= 0.6 is 22.7 Å². The number of hydrogen-bond acceptors (Lipinski definition) is 3. The molecule has 0 fully saturated rings. The molecule has 0 unspecified atom stereocenters. The Labute approximate surface area is 144 Å². The van der Waals surface area contributed by atoms with Crippen molar-refractivity contribution in [1.29, 1.82) is 0 Å². The fraction of sp³-hybridized carbons (Fsp3) is 0.211. The van der Waals surface area contributed by atoms with E-state index in [2.05, 4.69) is 54.9 Å². The third-order valence-electron chi connectivity index (χ3n) is 3.70. The van der Waals surface area contributed by atoms with Crippen molar-refractivity contribution < 1.29 is 4.79 Å². The minimum absolute atomic E-state index is 0.0135. The number of amides is 1. The van der Waals surface area contributed by atoms with Gasteiger partial charge < -0.3 is 5.32 Å². The quantitative estimate of drug-likeness (QED) is 0.683. The first-order valence-corrected chi connectivity index (χ1v) is 9.37. The summed E-state index contributed by atoms with van der Waals surface area (Å²) in [5.41, 5.74) is 3.32. The van der Waals surface area contributed by atoms with Crippen molar-refractivity contribution in [2.24, 2.45) is 0 Å². The van der Waals surface area contributed by atoms with Gasteiger partial charge in [-0.3, -0.25) is 4.79 Å². The van der Waals surface area contributed by atoms with Gasteiger partial charge in [-0.25, -0.2) is 0 Å². The zero-order valence-electron chi connectivity index (χ0n) is 13.2. The van der Waals surface area contributed by atoms with Crippen molar-refractivity contribution in [2.45, 2.75) is 26.3 Å². The molecule has 23 heavy (non-hydrogen) atoms. The van der Waals surface area contributed by atoms with Crippen LogP contribution in [0.5, 0.6) is 0 Å². The highest BCUT2D eigenvalue weighted by atomic mass is 32.1. The monoisotopic (exact) mass is 341 g/mol. The van der Waals surface area contributed by atoms with Crippen LogP contribution in [0.2, 0.25) is 0 Å². The largest absolute Gasteiger partial charge is 0.349 e. The van der Waals surface area contributed by atoms with Crippen LogP contribution in [-0.4, -0.2) is 11.9 Å². The van der Waals surface area contributed by atoms with Gasteiger partial charge in [0.05, 0.1) is 4.88 Å². The molecule has 0 radical (unpaired) electrons. The van der Waals surface area contributed by atoms with E-state index in [0.29, 0.717) is 0 Å². The molecule has 1 aromatic carbocycles. The summed E-state index contributed by atoms with van der Waals surface area (Å²) in [6.07, 6.45) is 0.870. The maximum absolute atomic E-state index is 12.6. The van der Waals surface area contributed by atoms with Crippen molar-refractivity contribution in [1.82, 2.24) is 5.32 Å². The average Bonchev–Trinajstić information content (AvgIpc) is 3.19. The fourth-order valence-corrected chi connectivity index (χ4v) is 4.17. The van der Waals surface area contributed by atoms with Gasteiger partial charge in [0.15, 0.2) is 0 Å². The number of aryl methyl sites for hydroxylation is 1. The maximum Gasteiger partial charge on any atom is 0.262 e. The summed E-state index contributed by atoms with van der Waals surface area (Å²) >= 11 is 3.23. The second kappa shape index (κ2) is 7.11. The lowest BCUT2D eigenvalue weighted by atomic mass is 10.0. The average molecular weight is 342 g/mol. The summed E-state index contributed by atoms with van der Waals surface area (Å²) in [5, 5.41) is 7.17. The van der Waals surface area contributed by atoms with Gasteiger partial charge in [0.2, 0.25) is 0 Å². The zero-order valence-corrected chi connectivity index (χ0v) is 14.8. The third-order valence-corrected chi connectivity index (χ3v) is 5.51. The van der Waals surface area contributed by atoms with Gasteiger partial charge in [0.1, 0.15) is 0 Å². The Bertz CT molecular complexity index is 772. The minimum Gasteiger partial charge on any atom is -0.349 e. The molecule has 0 aliphatic carbocycles. The van der Waals surface area contributed by atoms with E-state index in [-0.39, 0.29) is 11.9 Å². The highest BCUT2D eigenvalue weighted by Crippen LogP contribution is 2.28. The Hall–Kier alpha value is -1.91. The SMILES string of the molecule is Cc1ccc(-c2ccsc2C(=O)N[C@H](C)Cc2cccs2)cc1. The molecule has 2 aromatic heterocycles. The van der Waals surface area contributed by atoms with Crippen LogP contribution in [0.25, 0.3) is 11.1 Å². The first-order chi connectivity index (χ1) is 11.1. The van der Waals surface area contributed by atoms with Crippen LogP contribution in [0.1, 0.15) is 27.0 Å². The number of thiophene rings is 2. The van der Waals surface area contributed by atoms with Gasteiger partial charge in [0, 0.05) is 22.9 Å². The molecule has 4 heteroatoms. The van der Waals surface area contributed by atoms with Gasteiger partial charge in [-0.15, -0.1) is 22.7 Å². The molecule has 2 nitrogen and oxygen atoms in total. The lowest BCUT2D eigenvalue weighted by Crippen LogP contribution is -2.33. The summed E-state index contributed by atoms with van der Waals surface area (Å²) in [4.78, 5) is 14.7. The summed E-state index contributed by atoms with van der Waals surface area (Å²) in [5.74, 6) is 0.0135. The molecule has 0 spiro atoms. The van der Waals surface area contributed by atoms with E-state index < -0.39 is 0 Å². The molecule has 0 bridgehead atoms. The second-order valence-corrected chi connectivity index (χ2v) is 7.64. The van der Waals surface area contributed by atoms with E-state index in [4.69, 9.17) is 0 Å². The first-order valence-electron chi connectivity index (χ1n) is 7.61. The smallest absolute Gasteiger partial charge is 0.262 e. The number of nitrogens with one attached hydrogen (secondary N) is 1. The first kappa shape index (κ1) is 16.0. The van der Waals surface area contributed by atoms with E-state index in [0.717, 1.165) is 22.4 Å². The normalized spacial score (nSPS) is 12.1. The highest BCUT2D eigenvalue weighted by molar-refractivity contribution is 7.12. The molecule has 0 aliphatic heterocycles. The molecule has 0 saturated heterocycles. The van der Waals surface area contributed by atoms with Crippen LogP contribution in [0.4, 0.5) is 0 Å². The Kier molecular flexibility index (Phi) is 4.94. The molecule has 3 aromatic rings. The maximum atomic E-state index is 12.6. The zero-order chi connectivity index (χ0) is 16.2. The number of carbonyl (C=O) groups is 1. The van der Waals surface area contributed by atoms with Crippen molar-refractivity contribution in [3.63, 3.8) is 0 Å². The number of rotatable bonds is 5. The van der Waals surface area contributed by atoms with Crippen molar-refractivity contribution in [3.8, 4) is 11.1 Å². The molecule has 2 heterocycles. The van der Waals surface area contributed by atoms with Crippen LogP contribution in [-0.2, 0) is 6.42 Å². The Morgan fingerprint density at radius 3 is 2.57 bits per heavy atom. The predicted molar refractivity (Wildman–Crippen MR) is 99.4 cm³/mol.